The van der Waals surface area contributed by atoms with Crippen LogP contribution in [0, 0.1) is 0 Å². The molecule has 0 saturated heterocycles. The van der Waals surface area contributed by atoms with Crippen LogP contribution in [-0.2, 0) is 6.42 Å². The number of phenols is 1. The molecule has 0 bridgehead atoms. The average Bonchev–Trinajstić information content (AvgIpc) is 2.97. The van der Waals surface area contributed by atoms with Crippen molar-refractivity contribution in [1.29, 1.82) is 0 Å². The largest absolute Gasteiger partial charge is 0.504 e. The first-order valence-electron chi connectivity index (χ1n) is 6.86. The molecule has 1 aromatic carbocycles. The Morgan fingerprint density at radius 3 is 3.00 bits per heavy atom. The summed E-state index contributed by atoms with van der Waals surface area (Å²) in [4.78, 5) is 15.9. The van der Waals surface area contributed by atoms with Gasteiger partial charge >= 0.3 is 0 Å². The third-order valence-electron chi connectivity index (χ3n) is 3.99. The molecule has 4 nitrogen and oxygen atoms in total. The predicted octanol–water partition coefficient (Wildman–Crippen LogP) is 3.22. The summed E-state index contributed by atoms with van der Waals surface area (Å²) in [7, 11) is 1.48. The summed E-state index contributed by atoms with van der Waals surface area (Å²) in [5.74, 6) is 0.0748. The van der Waals surface area contributed by atoms with Gasteiger partial charge in [0.05, 0.1) is 18.7 Å². The van der Waals surface area contributed by atoms with E-state index in [1.54, 1.807) is 29.5 Å². The van der Waals surface area contributed by atoms with Gasteiger partial charge in [0.2, 0.25) is 0 Å². The van der Waals surface area contributed by atoms with Crippen LogP contribution in [0.2, 0.25) is 0 Å². The zero-order valence-corrected chi connectivity index (χ0v) is 12.8. The SMILES string of the molecule is COc1cccc(C(=O)N2CCc3sccc3C2C)c1O. The zero-order chi connectivity index (χ0) is 15.0. The summed E-state index contributed by atoms with van der Waals surface area (Å²) in [5.41, 5.74) is 1.50. The monoisotopic (exact) mass is 303 g/mol. The zero-order valence-electron chi connectivity index (χ0n) is 12.0. The molecule has 3 rings (SSSR count). The summed E-state index contributed by atoms with van der Waals surface area (Å²) < 4.78 is 5.07. The molecule has 0 aliphatic carbocycles. The Balaban J connectivity index is 1.93. The van der Waals surface area contributed by atoms with E-state index in [1.165, 1.54) is 17.6 Å². The lowest BCUT2D eigenvalue weighted by Crippen LogP contribution is -2.38. The van der Waals surface area contributed by atoms with Crippen molar-refractivity contribution in [3.63, 3.8) is 0 Å². The van der Waals surface area contributed by atoms with Gasteiger partial charge in [0.25, 0.3) is 5.91 Å². The summed E-state index contributed by atoms with van der Waals surface area (Å²) in [6.45, 7) is 2.70. The number of para-hydroxylation sites is 1. The minimum atomic E-state index is -0.157. The van der Waals surface area contributed by atoms with Crippen molar-refractivity contribution in [2.75, 3.05) is 13.7 Å². The normalized spacial score (nSPS) is 17.4. The van der Waals surface area contributed by atoms with Gasteiger partial charge in [-0.25, -0.2) is 0 Å². The number of methoxy groups -OCH3 is 1. The molecule has 1 aromatic heterocycles. The number of phenolic OH excluding ortho intramolecular Hbond substituents is 1. The fraction of sp³-hybridized carbons (Fsp3) is 0.312. The number of benzene rings is 1. The van der Waals surface area contributed by atoms with Gasteiger partial charge in [-0.05, 0) is 42.5 Å². The van der Waals surface area contributed by atoms with E-state index in [4.69, 9.17) is 4.74 Å². The molecule has 110 valence electrons. The van der Waals surface area contributed by atoms with Crippen LogP contribution in [0.25, 0.3) is 0 Å². The van der Waals surface area contributed by atoms with E-state index in [9.17, 15) is 9.90 Å². The van der Waals surface area contributed by atoms with Gasteiger partial charge in [0.15, 0.2) is 11.5 Å². The summed E-state index contributed by atoms with van der Waals surface area (Å²) in [5, 5.41) is 12.2. The molecule has 1 N–H and O–H groups in total. The first kappa shape index (κ1) is 13.9. The molecule has 5 heteroatoms. The second-order valence-electron chi connectivity index (χ2n) is 5.08. The van der Waals surface area contributed by atoms with Crippen LogP contribution in [-0.4, -0.2) is 29.6 Å². The third kappa shape index (κ3) is 2.27. The fourth-order valence-corrected chi connectivity index (χ4v) is 3.76. The van der Waals surface area contributed by atoms with Gasteiger partial charge in [-0.3, -0.25) is 4.79 Å². The number of hydrogen-bond donors (Lipinski definition) is 1. The molecule has 1 amide bonds. The summed E-state index contributed by atoms with van der Waals surface area (Å²) in [6, 6.07) is 7.10. The van der Waals surface area contributed by atoms with Crippen LogP contribution in [0.1, 0.15) is 33.8 Å². The van der Waals surface area contributed by atoms with Gasteiger partial charge in [-0.15, -0.1) is 11.3 Å². The maximum absolute atomic E-state index is 12.7. The van der Waals surface area contributed by atoms with E-state index >= 15 is 0 Å². The second kappa shape index (κ2) is 5.41. The van der Waals surface area contributed by atoms with Crippen molar-refractivity contribution in [3.05, 3.63) is 45.6 Å². The third-order valence-corrected chi connectivity index (χ3v) is 4.98. The van der Waals surface area contributed by atoms with Crippen molar-refractivity contribution in [2.45, 2.75) is 19.4 Å². The lowest BCUT2D eigenvalue weighted by atomic mass is 10.00. The number of fused-ring (bicyclic) bond motifs is 1. The molecule has 2 aromatic rings. The standard InChI is InChI=1S/C16H17NO3S/c1-10-11-7-9-21-14(11)6-8-17(10)16(19)12-4-3-5-13(20-2)15(12)18/h3-5,7,9-10,18H,6,8H2,1-2H3. The average molecular weight is 303 g/mol. The molecule has 0 radical (unpaired) electrons. The number of ether oxygens (including phenoxy) is 1. The molecular weight excluding hydrogens is 286 g/mol. The topological polar surface area (TPSA) is 49.8 Å². The van der Waals surface area contributed by atoms with Crippen LogP contribution in [0.5, 0.6) is 11.5 Å². The van der Waals surface area contributed by atoms with E-state index in [0.29, 0.717) is 17.9 Å². The molecular formula is C16H17NO3S. The second-order valence-corrected chi connectivity index (χ2v) is 6.08. The lowest BCUT2D eigenvalue weighted by molar-refractivity contribution is 0.0675. The van der Waals surface area contributed by atoms with Gasteiger partial charge in [-0.2, -0.15) is 0 Å². The molecule has 1 aliphatic rings. The van der Waals surface area contributed by atoms with Gasteiger partial charge in [-0.1, -0.05) is 6.07 Å². The number of carbonyl (C=O) groups excluding carboxylic acids is 1. The minimum absolute atomic E-state index is 0.0260. The Labute approximate surface area is 127 Å². The van der Waals surface area contributed by atoms with Crippen molar-refractivity contribution in [2.24, 2.45) is 0 Å². The number of amides is 1. The van der Waals surface area contributed by atoms with E-state index in [2.05, 4.69) is 11.4 Å². The van der Waals surface area contributed by atoms with Crippen molar-refractivity contribution < 1.29 is 14.6 Å². The molecule has 1 aliphatic heterocycles. The number of nitrogens with zero attached hydrogens (tertiary/aromatic N) is 1. The first-order valence-corrected chi connectivity index (χ1v) is 7.74. The van der Waals surface area contributed by atoms with Crippen molar-refractivity contribution >= 4 is 17.2 Å². The highest BCUT2D eigenvalue weighted by molar-refractivity contribution is 7.10. The van der Waals surface area contributed by atoms with Crippen molar-refractivity contribution in [1.82, 2.24) is 4.90 Å². The predicted molar refractivity (Wildman–Crippen MR) is 82.1 cm³/mol. The minimum Gasteiger partial charge on any atom is -0.504 e. The molecule has 1 atom stereocenters. The number of hydrogen-bond acceptors (Lipinski definition) is 4. The fourth-order valence-electron chi connectivity index (χ4n) is 2.80. The smallest absolute Gasteiger partial charge is 0.258 e. The highest BCUT2D eigenvalue weighted by Crippen LogP contribution is 2.36. The van der Waals surface area contributed by atoms with Crippen LogP contribution >= 0.6 is 11.3 Å². The Morgan fingerprint density at radius 1 is 1.43 bits per heavy atom. The van der Waals surface area contributed by atoms with E-state index in [-0.39, 0.29) is 17.7 Å². The maximum Gasteiger partial charge on any atom is 0.258 e. The molecule has 1 unspecified atom stereocenters. The number of thiophene rings is 1. The highest BCUT2D eigenvalue weighted by Gasteiger charge is 2.30. The Kier molecular flexibility index (Phi) is 3.59. The summed E-state index contributed by atoms with van der Waals surface area (Å²) >= 11 is 1.74. The highest BCUT2D eigenvalue weighted by atomic mass is 32.1. The van der Waals surface area contributed by atoms with E-state index in [0.717, 1.165) is 6.42 Å². The molecule has 0 saturated carbocycles. The van der Waals surface area contributed by atoms with E-state index < -0.39 is 0 Å². The Morgan fingerprint density at radius 2 is 2.24 bits per heavy atom. The quantitative estimate of drug-likeness (QED) is 0.926. The van der Waals surface area contributed by atoms with Crippen LogP contribution < -0.4 is 4.74 Å². The Hall–Kier alpha value is -2.01. The molecule has 0 fully saturated rings. The van der Waals surface area contributed by atoms with Gasteiger partial charge in [0.1, 0.15) is 0 Å². The van der Waals surface area contributed by atoms with Crippen LogP contribution in [0.3, 0.4) is 0 Å². The Bertz CT molecular complexity index is 680. The van der Waals surface area contributed by atoms with Gasteiger partial charge < -0.3 is 14.7 Å². The number of aromatic hydroxyl groups is 1. The maximum atomic E-state index is 12.7. The molecule has 21 heavy (non-hydrogen) atoms. The number of rotatable bonds is 2. The number of carbonyl (C=O) groups is 1. The van der Waals surface area contributed by atoms with Crippen LogP contribution in [0.15, 0.2) is 29.6 Å². The molecule has 0 spiro atoms. The van der Waals surface area contributed by atoms with Crippen molar-refractivity contribution in [3.8, 4) is 11.5 Å². The first-order chi connectivity index (χ1) is 10.1. The van der Waals surface area contributed by atoms with Crippen LogP contribution in [0.4, 0.5) is 0 Å². The lowest BCUT2D eigenvalue weighted by Gasteiger charge is -2.34. The summed E-state index contributed by atoms with van der Waals surface area (Å²) in [6.07, 6.45) is 0.869. The molecule has 2 heterocycles. The van der Waals surface area contributed by atoms with Gasteiger partial charge in [0, 0.05) is 11.4 Å². The van der Waals surface area contributed by atoms with E-state index in [1.807, 2.05) is 11.8 Å².